The number of hydrogen-bond donors (Lipinski definition) is 1. The Morgan fingerprint density at radius 2 is 2.44 bits per heavy atom. The van der Waals surface area contributed by atoms with Gasteiger partial charge in [-0.3, -0.25) is 4.99 Å². The van der Waals surface area contributed by atoms with E-state index in [4.69, 9.17) is 0 Å². The summed E-state index contributed by atoms with van der Waals surface area (Å²) < 4.78 is 0. The molecule has 1 aliphatic rings. The van der Waals surface area contributed by atoms with Crippen molar-refractivity contribution in [2.24, 2.45) is 10.9 Å². The van der Waals surface area contributed by atoms with Crippen LogP contribution in [0, 0.1) is 12.8 Å². The zero-order valence-electron chi connectivity index (χ0n) is 9.86. The lowest BCUT2D eigenvalue weighted by atomic mass is 10.1. The fourth-order valence-corrected chi connectivity index (χ4v) is 3.40. The van der Waals surface area contributed by atoms with Gasteiger partial charge in [-0.2, -0.15) is 0 Å². The lowest BCUT2D eigenvalue weighted by Gasteiger charge is -2.12. The molecule has 88 valence electrons. The third kappa shape index (κ3) is 2.98. The maximum atomic E-state index is 4.58. The van der Waals surface area contributed by atoms with Gasteiger partial charge in [-0.15, -0.1) is 11.3 Å². The highest BCUT2D eigenvalue weighted by Crippen LogP contribution is 2.20. The molecule has 1 aliphatic heterocycles. The van der Waals surface area contributed by atoms with Crippen LogP contribution in [-0.4, -0.2) is 21.9 Å². The Balaban J connectivity index is 1.90. The first-order chi connectivity index (χ1) is 7.65. The van der Waals surface area contributed by atoms with E-state index in [1.165, 1.54) is 4.88 Å². The molecule has 2 heterocycles. The Morgan fingerprint density at radius 3 is 3.00 bits per heavy atom. The molecule has 5 heteroatoms. The maximum absolute atomic E-state index is 4.58. The van der Waals surface area contributed by atoms with Crippen molar-refractivity contribution in [1.82, 2.24) is 10.3 Å². The van der Waals surface area contributed by atoms with Crippen LogP contribution in [0.2, 0.25) is 0 Å². The van der Waals surface area contributed by atoms with E-state index in [2.05, 4.69) is 29.1 Å². The molecule has 1 atom stereocenters. The highest BCUT2D eigenvalue weighted by molar-refractivity contribution is 8.14. The van der Waals surface area contributed by atoms with Crippen molar-refractivity contribution in [1.29, 1.82) is 0 Å². The van der Waals surface area contributed by atoms with Crippen molar-refractivity contribution in [2.75, 3.05) is 5.75 Å². The minimum atomic E-state index is 0.576. The molecular formula is C11H17N3S2. The maximum Gasteiger partial charge on any atom is 0.157 e. The molecule has 2 rings (SSSR count). The van der Waals surface area contributed by atoms with Gasteiger partial charge in [0.25, 0.3) is 0 Å². The van der Waals surface area contributed by atoms with Gasteiger partial charge in [0, 0.05) is 22.9 Å². The van der Waals surface area contributed by atoms with Crippen molar-refractivity contribution in [3.05, 3.63) is 16.1 Å². The van der Waals surface area contributed by atoms with Crippen LogP contribution >= 0.6 is 23.1 Å². The monoisotopic (exact) mass is 255 g/mol. The summed E-state index contributed by atoms with van der Waals surface area (Å²) in [5, 5.41) is 5.67. The largest absolute Gasteiger partial charge is 0.361 e. The van der Waals surface area contributed by atoms with Gasteiger partial charge in [0.15, 0.2) is 5.17 Å². The number of aliphatic imine (C=N–C) groups is 1. The van der Waals surface area contributed by atoms with Gasteiger partial charge in [0.05, 0.1) is 11.6 Å². The normalized spacial score (nSPS) is 23.0. The van der Waals surface area contributed by atoms with Crippen LogP contribution in [0.25, 0.3) is 0 Å². The number of thioether (sulfide) groups is 1. The first-order valence-electron chi connectivity index (χ1n) is 5.50. The average molecular weight is 255 g/mol. The minimum Gasteiger partial charge on any atom is -0.361 e. The van der Waals surface area contributed by atoms with Crippen LogP contribution in [-0.2, 0) is 6.54 Å². The summed E-state index contributed by atoms with van der Waals surface area (Å²) in [4.78, 5) is 10.0. The smallest absolute Gasteiger partial charge is 0.157 e. The van der Waals surface area contributed by atoms with Crippen LogP contribution in [0.4, 0.5) is 0 Å². The van der Waals surface area contributed by atoms with Crippen LogP contribution in [0.15, 0.2) is 11.2 Å². The molecule has 0 bridgehead atoms. The van der Waals surface area contributed by atoms with E-state index in [0.717, 1.165) is 22.5 Å². The van der Waals surface area contributed by atoms with E-state index < -0.39 is 0 Å². The lowest BCUT2D eigenvalue weighted by Crippen LogP contribution is -2.31. The fraction of sp³-hybridized carbons (Fsp3) is 0.636. The average Bonchev–Trinajstić information content (AvgIpc) is 2.83. The fourth-order valence-electron chi connectivity index (χ4n) is 1.49. The van der Waals surface area contributed by atoms with Gasteiger partial charge in [-0.25, -0.2) is 4.98 Å². The van der Waals surface area contributed by atoms with E-state index in [9.17, 15) is 0 Å². The van der Waals surface area contributed by atoms with Crippen molar-refractivity contribution in [3.8, 4) is 0 Å². The second kappa shape index (κ2) is 5.19. The molecule has 1 unspecified atom stereocenters. The summed E-state index contributed by atoms with van der Waals surface area (Å²) in [6.07, 6.45) is 1.92. The summed E-state index contributed by atoms with van der Waals surface area (Å²) in [5.41, 5.74) is 0. The molecule has 3 nitrogen and oxygen atoms in total. The highest BCUT2D eigenvalue weighted by Gasteiger charge is 2.22. The van der Waals surface area contributed by atoms with Gasteiger partial charge in [0.2, 0.25) is 0 Å². The molecule has 16 heavy (non-hydrogen) atoms. The first-order valence-corrected chi connectivity index (χ1v) is 7.30. The molecule has 0 aromatic carbocycles. The summed E-state index contributed by atoms with van der Waals surface area (Å²) in [5.74, 6) is 1.81. The van der Waals surface area contributed by atoms with Crippen LogP contribution in [0.1, 0.15) is 23.7 Å². The Kier molecular flexibility index (Phi) is 3.86. The number of aryl methyl sites for hydroxylation is 1. The summed E-state index contributed by atoms with van der Waals surface area (Å²) in [6.45, 7) is 7.27. The van der Waals surface area contributed by atoms with Gasteiger partial charge >= 0.3 is 0 Å². The van der Waals surface area contributed by atoms with E-state index in [1.54, 1.807) is 11.3 Å². The minimum absolute atomic E-state index is 0.576. The van der Waals surface area contributed by atoms with Crippen LogP contribution in [0.5, 0.6) is 0 Å². The Bertz CT molecular complexity index is 384. The second-order valence-corrected chi connectivity index (χ2v) is 6.60. The van der Waals surface area contributed by atoms with E-state index in [0.29, 0.717) is 12.0 Å². The summed E-state index contributed by atoms with van der Waals surface area (Å²) >= 11 is 3.55. The Hall–Kier alpha value is -0.550. The third-order valence-corrected chi connectivity index (χ3v) is 4.50. The number of aromatic nitrogens is 1. The Labute approximate surface area is 105 Å². The van der Waals surface area contributed by atoms with Gasteiger partial charge < -0.3 is 5.32 Å². The SMILES string of the molecule is Cc1ncc(CN=C2NC(C(C)C)CS2)s1. The lowest BCUT2D eigenvalue weighted by molar-refractivity contribution is 0.503. The standard InChI is InChI=1S/C11H17N3S2/c1-7(2)10-6-15-11(14-10)13-5-9-4-12-8(3)16-9/h4,7,10H,5-6H2,1-3H3,(H,13,14). The molecular weight excluding hydrogens is 238 g/mol. The van der Waals surface area contributed by atoms with Crippen molar-refractivity contribution in [3.63, 3.8) is 0 Å². The van der Waals surface area contributed by atoms with E-state index in [1.807, 2.05) is 24.9 Å². The topological polar surface area (TPSA) is 37.3 Å². The van der Waals surface area contributed by atoms with Gasteiger partial charge in [-0.1, -0.05) is 25.6 Å². The molecule has 0 amide bonds. The number of hydrogen-bond acceptors (Lipinski definition) is 4. The second-order valence-electron chi connectivity index (χ2n) is 4.27. The van der Waals surface area contributed by atoms with Crippen LogP contribution in [0.3, 0.4) is 0 Å². The van der Waals surface area contributed by atoms with E-state index >= 15 is 0 Å². The van der Waals surface area contributed by atoms with Gasteiger partial charge in [0.1, 0.15) is 0 Å². The predicted molar refractivity (Wildman–Crippen MR) is 72.2 cm³/mol. The molecule has 0 spiro atoms. The number of nitrogens with one attached hydrogen (secondary N) is 1. The molecule has 1 aromatic rings. The molecule has 1 fully saturated rings. The number of rotatable bonds is 3. The van der Waals surface area contributed by atoms with Crippen molar-refractivity contribution in [2.45, 2.75) is 33.4 Å². The molecule has 1 aromatic heterocycles. The summed E-state index contributed by atoms with van der Waals surface area (Å²) in [7, 11) is 0. The van der Waals surface area contributed by atoms with Crippen LogP contribution < -0.4 is 5.32 Å². The molecule has 0 radical (unpaired) electrons. The first kappa shape index (κ1) is 11.9. The number of thiazole rings is 1. The van der Waals surface area contributed by atoms with Gasteiger partial charge in [-0.05, 0) is 12.8 Å². The molecule has 1 N–H and O–H groups in total. The number of amidine groups is 1. The highest BCUT2D eigenvalue weighted by atomic mass is 32.2. The summed E-state index contributed by atoms with van der Waals surface area (Å²) in [6, 6.07) is 0.576. The van der Waals surface area contributed by atoms with Crippen molar-refractivity contribution < 1.29 is 0 Å². The van der Waals surface area contributed by atoms with Crippen molar-refractivity contribution >= 4 is 28.3 Å². The number of nitrogens with zero attached hydrogens (tertiary/aromatic N) is 2. The Morgan fingerprint density at radius 1 is 1.62 bits per heavy atom. The molecule has 0 aliphatic carbocycles. The zero-order chi connectivity index (χ0) is 11.5. The predicted octanol–water partition coefficient (Wildman–Crippen LogP) is 2.67. The molecule has 1 saturated heterocycles. The van der Waals surface area contributed by atoms with E-state index in [-0.39, 0.29) is 0 Å². The molecule has 0 saturated carbocycles. The quantitative estimate of drug-likeness (QED) is 0.902. The zero-order valence-corrected chi connectivity index (χ0v) is 11.5. The third-order valence-electron chi connectivity index (χ3n) is 2.56.